The standard InChI is InChI=1S/C17H15ClN4O2/c18-14-4-5-16(20-15(14)11-19)21-6-8-22(9-7-21)17(24)12-2-1-3-13(23)10-12/h1-5,10,23H,6-9H2. The highest BCUT2D eigenvalue weighted by atomic mass is 35.5. The molecule has 0 unspecified atom stereocenters. The molecule has 1 N–H and O–H groups in total. The highest BCUT2D eigenvalue weighted by Crippen LogP contribution is 2.21. The number of nitrogens with zero attached hydrogens (tertiary/aromatic N) is 4. The van der Waals surface area contributed by atoms with E-state index in [0.29, 0.717) is 42.6 Å². The molecule has 0 spiro atoms. The van der Waals surface area contributed by atoms with Gasteiger partial charge in [0.2, 0.25) is 0 Å². The number of aromatic nitrogens is 1. The number of phenols is 1. The number of rotatable bonds is 2. The van der Waals surface area contributed by atoms with E-state index in [1.165, 1.54) is 12.1 Å². The summed E-state index contributed by atoms with van der Waals surface area (Å²) in [5.41, 5.74) is 0.673. The van der Waals surface area contributed by atoms with Gasteiger partial charge in [-0.3, -0.25) is 4.79 Å². The Morgan fingerprint density at radius 1 is 1.21 bits per heavy atom. The number of benzene rings is 1. The largest absolute Gasteiger partial charge is 0.508 e. The van der Waals surface area contributed by atoms with Gasteiger partial charge in [0, 0.05) is 31.7 Å². The number of carbonyl (C=O) groups excluding carboxylic acids is 1. The van der Waals surface area contributed by atoms with Crippen molar-refractivity contribution in [3.63, 3.8) is 0 Å². The number of amides is 1. The van der Waals surface area contributed by atoms with Gasteiger partial charge >= 0.3 is 0 Å². The Hall–Kier alpha value is -2.78. The summed E-state index contributed by atoms with van der Waals surface area (Å²) in [6.45, 7) is 2.31. The Balaban J connectivity index is 1.68. The molecule has 6 nitrogen and oxygen atoms in total. The minimum Gasteiger partial charge on any atom is -0.508 e. The molecule has 1 aliphatic heterocycles. The Morgan fingerprint density at radius 3 is 2.62 bits per heavy atom. The lowest BCUT2D eigenvalue weighted by Gasteiger charge is -2.35. The fourth-order valence-electron chi connectivity index (χ4n) is 2.65. The van der Waals surface area contributed by atoms with Crippen molar-refractivity contribution in [3.05, 3.63) is 52.7 Å². The first kappa shape index (κ1) is 16.1. The number of hydrogen-bond acceptors (Lipinski definition) is 5. The van der Waals surface area contributed by atoms with Crippen molar-refractivity contribution in [2.45, 2.75) is 0 Å². The SMILES string of the molecule is N#Cc1nc(N2CCN(C(=O)c3cccc(O)c3)CC2)ccc1Cl. The third-order valence-electron chi connectivity index (χ3n) is 3.92. The maximum Gasteiger partial charge on any atom is 0.254 e. The molecular formula is C17H15ClN4O2. The predicted octanol–water partition coefficient (Wildman–Crippen LogP) is 2.27. The van der Waals surface area contributed by atoms with Gasteiger partial charge in [-0.25, -0.2) is 4.98 Å². The first-order valence-corrected chi connectivity index (χ1v) is 7.86. The van der Waals surface area contributed by atoms with Gasteiger partial charge in [-0.1, -0.05) is 17.7 Å². The van der Waals surface area contributed by atoms with Crippen LogP contribution in [-0.4, -0.2) is 47.1 Å². The van der Waals surface area contributed by atoms with Gasteiger partial charge < -0.3 is 14.9 Å². The van der Waals surface area contributed by atoms with Crippen LogP contribution in [0, 0.1) is 11.3 Å². The Bertz CT molecular complexity index is 810. The number of phenolic OH excluding ortho intramolecular Hbond substituents is 1. The van der Waals surface area contributed by atoms with Crippen LogP contribution in [0.2, 0.25) is 5.02 Å². The molecule has 0 bridgehead atoms. The molecule has 3 rings (SSSR count). The van der Waals surface area contributed by atoms with E-state index in [1.54, 1.807) is 29.2 Å². The molecule has 2 aromatic rings. The van der Waals surface area contributed by atoms with Crippen LogP contribution in [0.5, 0.6) is 5.75 Å². The minimum atomic E-state index is -0.104. The maximum absolute atomic E-state index is 12.5. The molecule has 1 aliphatic rings. The lowest BCUT2D eigenvalue weighted by Crippen LogP contribution is -2.49. The molecule has 7 heteroatoms. The number of aromatic hydroxyl groups is 1. The third kappa shape index (κ3) is 3.26. The summed E-state index contributed by atoms with van der Waals surface area (Å²) in [5, 5.41) is 18.8. The summed E-state index contributed by atoms with van der Waals surface area (Å²) >= 11 is 5.90. The molecule has 1 amide bonds. The number of halogens is 1. The molecule has 0 aliphatic carbocycles. The van der Waals surface area contributed by atoms with Crippen molar-refractivity contribution in [2.75, 3.05) is 31.1 Å². The van der Waals surface area contributed by atoms with Crippen LogP contribution in [-0.2, 0) is 0 Å². The number of carbonyl (C=O) groups is 1. The second-order valence-electron chi connectivity index (χ2n) is 5.44. The molecular weight excluding hydrogens is 328 g/mol. The Labute approximate surface area is 144 Å². The van der Waals surface area contributed by atoms with Crippen LogP contribution in [0.1, 0.15) is 16.1 Å². The average molecular weight is 343 g/mol. The molecule has 122 valence electrons. The normalized spacial score (nSPS) is 14.3. The summed E-state index contributed by atoms with van der Waals surface area (Å²) in [4.78, 5) is 20.5. The summed E-state index contributed by atoms with van der Waals surface area (Å²) in [6.07, 6.45) is 0. The van der Waals surface area contributed by atoms with Gasteiger partial charge in [0.05, 0.1) is 5.02 Å². The van der Waals surface area contributed by atoms with E-state index in [1.807, 2.05) is 11.0 Å². The molecule has 1 aromatic heterocycles. The number of pyridine rings is 1. The van der Waals surface area contributed by atoms with Gasteiger partial charge in [-0.15, -0.1) is 0 Å². The lowest BCUT2D eigenvalue weighted by molar-refractivity contribution is 0.0746. The first-order chi connectivity index (χ1) is 11.6. The molecule has 1 saturated heterocycles. The second kappa shape index (κ2) is 6.77. The highest BCUT2D eigenvalue weighted by Gasteiger charge is 2.23. The number of piperazine rings is 1. The van der Waals surface area contributed by atoms with Crippen LogP contribution >= 0.6 is 11.6 Å². The topological polar surface area (TPSA) is 80.5 Å². The summed E-state index contributed by atoms with van der Waals surface area (Å²) in [7, 11) is 0. The van der Waals surface area contributed by atoms with E-state index in [9.17, 15) is 9.90 Å². The summed E-state index contributed by atoms with van der Waals surface area (Å²) in [6, 6.07) is 11.7. The molecule has 1 aromatic carbocycles. The van der Waals surface area contributed by atoms with Gasteiger partial charge in [0.15, 0.2) is 5.69 Å². The van der Waals surface area contributed by atoms with E-state index in [0.717, 1.165) is 0 Å². The van der Waals surface area contributed by atoms with Crippen LogP contribution in [0.4, 0.5) is 5.82 Å². The summed E-state index contributed by atoms with van der Waals surface area (Å²) < 4.78 is 0. The molecule has 24 heavy (non-hydrogen) atoms. The van der Waals surface area contributed by atoms with Crippen molar-refractivity contribution >= 4 is 23.3 Å². The molecule has 0 atom stereocenters. The number of hydrogen-bond donors (Lipinski definition) is 1. The zero-order valence-electron chi connectivity index (χ0n) is 12.8. The maximum atomic E-state index is 12.5. The fraction of sp³-hybridized carbons (Fsp3) is 0.235. The van der Waals surface area contributed by atoms with Crippen molar-refractivity contribution in [1.82, 2.24) is 9.88 Å². The van der Waals surface area contributed by atoms with E-state index in [-0.39, 0.29) is 17.4 Å². The van der Waals surface area contributed by atoms with Crippen LogP contribution in [0.15, 0.2) is 36.4 Å². The van der Waals surface area contributed by atoms with Gasteiger partial charge in [0.1, 0.15) is 17.6 Å². The van der Waals surface area contributed by atoms with Crippen LogP contribution in [0.25, 0.3) is 0 Å². The number of nitriles is 1. The first-order valence-electron chi connectivity index (χ1n) is 7.48. The molecule has 2 heterocycles. The Morgan fingerprint density at radius 2 is 1.96 bits per heavy atom. The lowest BCUT2D eigenvalue weighted by atomic mass is 10.1. The van der Waals surface area contributed by atoms with Gasteiger partial charge in [-0.05, 0) is 30.3 Å². The predicted molar refractivity (Wildman–Crippen MR) is 90.2 cm³/mol. The van der Waals surface area contributed by atoms with Crippen molar-refractivity contribution in [1.29, 1.82) is 5.26 Å². The zero-order valence-corrected chi connectivity index (χ0v) is 13.6. The van der Waals surface area contributed by atoms with E-state index in [4.69, 9.17) is 16.9 Å². The van der Waals surface area contributed by atoms with Crippen molar-refractivity contribution in [2.24, 2.45) is 0 Å². The summed E-state index contributed by atoms with van der Waals surface area (Å²) in [5.74, 6) is 0.654. The van der Waals surface area contributed by atoms with Crippen molar-refractivity contribution < 1.29 is 9.90 Å². The minimum absolute atomic E-state index is 0.0777. The Kier molecular flexibility index (Phi) is 4.54. The zero-order chi connectivity index (χ0) is 17.1. The van der Waals surface area contributed by atoms with Crippen LogP contribution in [0.3, 0.4) is 0 Å². The average Bonchev–Trinajstić information content (AvgIpc) is 2.62. The molecule has 0 saturated carbocycles. The van der Waals surface area contributed by atoms with Gasteiger partial charge in [-0.2, -0.15) is 5.26 Å². The van der Waals surface area contributed by atoms with Gasteiger partial charge in [0.25, 0.3) is 5.91 Å². The smallest absolute Gasteiger partial charge is 0.254 e. The quantitative estimate of drug-likeness (QED) is 0.905. The fourth-order valence-corrected chi connectivity index (χ4v) is 2.79. The number of anilines is 1. The third-order valence-corrected chi connectivity index (χ3v) is 4.23. The highest BCUT2D eigenvalue weighted by molar-refractivity contribution is 6.31. The second-order valence-corrected chi connectivity index (χ2v) is 5.85. The van der Waals surface area contributed by atoms with E-state index >= 15 is 0 Å². The molecule has 0 radical (unpaired) electrons. The van der Waals surface area contributed by atoms with E-state index < -0.39 is 0 Å². The molecule has 1 fully saturated rings. The monoisotopic (exact) mass is 342 g/mol. The van der Waals surface area contributed by atoms with E-state index in [2.05, 4.69) is 4.98 Å². The van der Waals surface area contributed by atoms with Crippen molar-refractivity contribution in [3.8, 4) is 11.8 Å². The van der Waals surface area contributed by atoms with Crippen LogP contribution < -0.4 is 4.90 Å².